The molecule has 0 aliphatic carbocycles. The van der Waals surface area contributed by atoms with Crippen molar-refractivity contribution in [3.63, 3.8) is 0 Å². The molecule has 4 heteroatoms. The first-order valence-corrected chi connectivity index (χ1v) is 5.81. The van der Waals surface area contributed by atoms with Gasteiger partial charge in [-0.25, -0.2) is 0 Å². The van der Waals surface area contributed by atoms with Crippen molar-refractivity contribution in [2.45, 2.75) is 19.8 Å². The van der Waals surface area contributed by atoms with Gasteiger partial charge in [-0.2, -0.15) is 0 Å². The lowest BCUT2D eigenvalue weighted by Crippen LogP contribution is -2.20. The summed E-state index contributed by atoms with van der Waals surface area (Å²) in [5.74, 6) is 0.336. The number of hydrogen-bond donors (Lipinski definition) is 2. The van der Waals surface area contributed by atoms with Gasteiger partial charge in [-0.05, 0) is 23.6 Å². The van der Waals surface area contributed by atoms with Crippen LogP contribution in [0.15, 0.2) is 24.3 Å². The Labute approximate surface area is 102 Å². The predicted molar refractivity (Wildman–Crippen MR) is 69.0 cm³/mol. The van der Waals surface area contributed by atoms with Crippen molar-refractivity contribution in [2.24, 2.45) is 5.73 Å². The highest BCUT2D eigenvalue weighted by Crippen LogP contribution is 2.16. The summed E-state index contributed by atoms with van der Waals surface area (Å²) in [6.45, 7) is 5.14. The van der Waals surface area contributed by atoms with E-state index >= 15 is 0 Å². The van der Waals surface area contributed by atoms with Crippen molar-refractivity contribution >= 4 is 11.6 Å². The number of nitrogens with two attached hydrogens (primary N) is 1. The smallest absolute Gasteiger partial charge is 0.250 e. The number of rotatable bonds is 6. The van der Waals surface area contributed by atoms with Gasteiger partial charge in [-0.3, -0.25) is 4.79 Å². The zero-order valence-electron chi connectivity index (χ0n) is 10.4. The number of hydrogen-bond acceptors (Lipinski definition) is 3. The van der Waals surface area contributed by atoms with Crippen LogP contribution < -0.4 is 11.1 Å². The molecule has 17 heavy (non-hydrogen) atoms. The zero-order valence-corrected chi connectivity index (χ0v) is 10.4. The molecule has 0 saturated carbocycles. The van der Waals surface area contributed by atoms with Crippen LogP contribution in [-0.4, -0.2) is 25.7 Å². The Balaban J connectivity index is 2.43. The Bertz CT molecular complexity index is 347. The van der Waals surface area contributed by atoms with Crippen LogP contribution in [0.25, 0.3) is 0 Å². The van der Waals surface area contributed by atoms with Crippen LogP contribution in [0.2, 0.25) is 0 Å². The molecule has 0 fully saturated rings. The number of ether oxygens (including phenoxy) is 1. The molecule has 0 heterocycles. The average molecular weight is 236 g/mol. The van der Waals surface area contributed by atoms with Gasteiger partial charge in [0, 0.05) is 12.2 Å². The van der Waals surface area contributed by atoms with Gasteiger partial charge in [-0.1, -0.05) is 26.0 Å². The molecule has 0 bridgehead atoms. The molecule has 1 amide bonds. The SMILES string of the molecule is CC(C)c1ccc(NC(=O)COCCN)cc1. The van der Waals surface area contributed by atoms with Gasteiger partial charge in [0.2, 0.25) is 5.91 Å². The van der Waals surface area contributed by atoms with Crippen LogP contribution in [0.5, 0.6) is 0 Å². The number of anilines is 1. The minimum absolute atomic E-state index is 0.0448. The standard InChI is InChI=1S/C13H20N2O2/c1-10(2)11-3-5-12(6-4-11)15-13(16)9-17-8-7-14/h3-6,10H,7-9,14H2,1-2H3,(H,15,16). The van der Waals surface area contributed by atoms with E-state index in [9.17, 15) is 4.79 Å². The summed E-state index contributed by atoms with van der Waals surface area (Å²) in [5, 5.41) is 2.76. The molecule has 1 rings (SSSR count). The lowest BCUT2D eigenvalue weighted by molar-refractivity contribution is -0.120. The third kappa shape index (κ3) is 4.97. The monoisotopic (exact) mass is 236 g/mol. The lowest BCUT2D eigenvalue weighted by atomic mass is 10.0. The van der Waals surface area contributed by atoms with Gasteiger partial charge in [0.05, 0.1) is 6.61 Å². The van der Waals surface area contributed by atoms with Crippen molar-refractivity contribution in [3.05, 3.63) is 29.8 Å². The Morgan fingerprint density at radius 3 is 2.53 bits per heavy atom. The summed E-state index contributed by atoms with van der Waals surface area (Å²) in [7, 11) is 0. The number of carbonyl (C=O) groups excluding carboxylic acids is 1. The highest BCUT2D eigenvalue weighted by atomic mass is 16.5. The Morgan fingerprint density at radius 1 is 1.35 bits per heavy atom. The minimum atomic E-state index is -0.157. The van der Waals surface area contributed by atoms with Gasteiger partial charge in [-0.15, -0.1) is 0 Å². The summed E-state index contributed by atoms with van der Waals surface area (Å²) in [6, 6.07) is 7.83. The maximum Gasteiger partial charge on any atom is 0.250 e. The normalized spacial score (nSPS) is 10.6. The van der Waals surface area contributed by atoms with Crippen LogP contribution >= 0.6 is 0 Å². The first-order valence-electron chi connectivity index (χ1n) is 5.81. The molecule has 1 aromatic carbocycles. The number of carbonyl (C=O) groups is 1. The largest absolute Gasteiger partial charge is 0.370 e. The third-order valence-corrected chi connectivity index (χ3v) is 2.36. The topological polar surface area (TPSA) is 64.3 Å². The highest BCUT2D eigenvalue weighted by Gasteiger charge is 2.03. The second-order valence-electron chi connectivity index (χ2n) is 4.17. The fourth-order valence-electron chi connectivity index (χ4n) is 1.40. The Morgan fingerprint density at radius 2 is 2.00 bits per heavy atom. The van der Waals surface area contributed by atoms with Gasteiger partial charge >= 0.3 is 0 Å². The van der Waals surface area contributed by atoms with Gasteiger partial charge < -0.3 is 15.8 Å². The number of benzene rings is 1. The molecule has 0 atom stereocenters. The Kier molecular flexibility index (Phi) is 5.66. The number of nitrogens with one attached hydrogen (secondary N) is 1. The highest BCUT2D eigenvalue weighted by molar-refractivity contribution is 5.91. The van der Waals surface area contributed by atoms with Crippen LogP contribution in [0, 0.1) is 0 Å². The van der Waals surface area contributed by atoms with Gasteiger partial charge in [0.15, 0.2) is 0 Å². The van der Waals surface area contributed by atoms with E-state index in [0.29, 0.717) is 19.1 Å². The van der Waals surface area contributed by atoms with Crippen molar-refractivity contribution in [2.75, 3.05) is 25.1 Å². The van der Waals surface area contributed by atoms with E-state index in [1.165, 1.54) is 5.56 Å². The molecule has 0 aromatic heterocycles. The van der Waals surface area contributed by atoms with E-state index in [1.54, 1.807) is 0 Å². The molecular weight excluding hydrogens is 216 g/mol. The first-order chi connectivity index (χ1) is 8.13. The zero-order chi connectivity index (χ0) is 12.7. The molecule has 0 saturated heterocycles. The predicted octanol–water partition coefficient (Wildman–Crippen LogP) is 1.72. The Hall–Kier alpha value is -1.39. The molecule has 0 aliphatic heterocycles. The summed E-state index contributed by atoms with van der Waals surface area (Å²) < 4.78 is 5.04. The van der Waals surface area contributed by atoms with E-state index in [0.717, 1.165) is 5.69 Å². The van der Waals surface area contributed by atoms with Crippen LogP contribution in [0.4, 0.5) is 5.69 Å². The molecular formula is C13H20N2O2. The van der Waals surface area contributed by atoms with E-state index in [-0.39, 0.29) is 12.5 Å². The summed E-state index contributed by atoms with van der Waals surface area (Å²) in [6.07, 6.45) is 0. The first kappa shape index (κ1) is 13.7. The molecule has 3 N–H and O–H groups in total. The second kappa shape index (κ2) is 7.04. The fraction of sp³-hybridized carbons (Fsp3) is 0.462. The molecule has 0 radical (unpaired) electrons. The maximum atomic E-state index is 11.4. The van der Waals surface area contributed by atoms with Crippen LogP contribution in [0.3, 0.4) is 0 Å². The van der Waals surface area contributed by atoms with Gasteiger partial charge in [0.1, 0.15) is 6.61 Å². The van der Waals surface area contributed by atoms with E-state index in [1.807, 2.05) is 24.3 Å². The number of amides is 1. The van der Waals surface area contributed by atoms with E-state index in [4.69, 9.17) is 10.5 Å². The average Bonchev–Trinajstić information content (AvgIpc) is 2.30. The quantitative estimate of drug-likeness (QED) is 0.739. The lowest BCUT2D eigenvalue weighted by Gasteiger charge is -2.08. The molecule has 0 unspecified atom stereocenters. The van der Waals surface area contributed by atoms with Crippen molar-refractivity contribution < 1.29 is 9.53 Å². The fourth-order valence-corrected chi connectivity index (χ4v) is 1.40. The van der Waals surface area contributed by atoms with E-state index < -0.39 is 0 Å². The second-order valence-corrected chi connectivity index (χ2v) is 4.17. The van der Waals surface area contributed by atoms with Crippen molar-refractivity contribution in [1.29, 1.82) is 0 Å². The summed E-state index contributed by atoms with van der Waals surface area (Å²) >= 11 is 0. The maximum absolute atomic E-state index is 11.4. The van der Waals surface area contributed by atoms with Gasteiger partial charge in [0.25, 0.3) is 0 Å². The summed E-state index contributed by atoms with van der Waals surface area (Å²) in [4.78, 5) is 11.4. The van der Waals surface area contributed by atoms with Crippen LogP contribution in [0.1, 0.15) is 25.3 Å². The van der Waals surface area contributed by atoms with E-state index in [2.05, 4.69) is 19.2 Å². The molecule has 1 aromatic rings. The van der Waals surface area contributed by atoms with Crippen molar-refractivity contribution in [3.8, 4) is 0 Å². The summed E-state index contributed by atoms with van der Waals surface area (Å²) in [5.41, 5.74) is 7.30. The molecule has 0 spiro atoms. The molecule has 94 valence electrons. The van der Waals surface area contributed by atoms with Crippen molar-refractivity contribution in [1.82, 2.24) is 0 Å². The molecule has 0 aliphatic rings. The third-order valence-electron chi connectivity index (χ3n) is 2.36. The minimum Gasteiger partial charge on any atom is -0.370 e. The van der Waals surface area contributed by atoms with Crippen LogP contribution in [-0.2, 0) is 9.53 Å². The molecule has 4 nitrogen and oxygen atoms in total.